The highest BCUT2D eigenvalue weighted by Crippen LogP contribution is 2.23. The van der Waals surface area contributed by atoms with E-state index >= 15 is 0 Å². The van der Waals surface area contributed by atoms with Crippen molar-refractivity contribution in [1.29, 1.82) is 0 Å². The monoisotopic (exact) mass is 256 g/mol. The minimum atomic E-state index is -1.54. The zero-order valence-electron chi connectivity index (χ0n) is 9.67. The molecule has 1 rings (SSSR count). The summed E-state index contributed by atoms with van der Waals surface area (Å²) in [7, 11) is 1.14. The summed E-state index contributed by atoms with van der Waals surface area (Å²) in [6, 6.07) is 3.19. The van der Waals surface area contributed by atoms with Crippen molar-refractivity contribution in [2.75, 3.05) is 7.11 Å². The van der Waals surface area contributed by atoms with Gasteiger partial charge in [-0.25, -0.2) is 4.39 Å². The second-order valence-corrected chi connectivity index (χ2v) is 3.68. The van der Waals surface area contributed by atoms with E-state index in [1.165, 1.54) is 6.07 Å². The minimum Gasteiger partial charge on any atom is -0.469 e. The highest BCUT2D eigenvalue weighted by atomic mass is 19.1. The molecule has 6 heteroatoms. The third kappa shape index (κ3) is 3.35. The Labute approximate surface area is 103 Å². The molecule has 18 heavy (non-hydrogen) atoms. The van der Waals surface area contributed by atoms with E-state index in [1.807, 2.05) is 0 Å². The lowest BCUT2D eigenvalue weighted by Crippen LogP contribution is -2.23. The second kappa shape index (κ2) is 6.23. The predicted octanol–water partition coefficient (Wildman–Crippen LogP) is 0.596. The fourth-order valence-corrected chi connectivity index (χ4v) is 1.48. The Kier molecular flexibility index (Phi) is 4.94. The van der Waals surface area contributed by atoms with Crippen LogP contribution in [0, 0.1) is 5.82 Å². The zero-order chi connectivity index (χ0) is 13.7. The van der Waals surface area contributed by atoms with Crippen LogP contribution in [-0.4, -0.2) is 35.7 Å². The van der Waals surface area contributed by atoms with Crippen LogP contribution < -0.4 is 0 Å². The largest absolute Gasteiger partial charge is 0.469 e. The van der Waals surface area contributed by atoms with Gasteiger partial charge in [0.15, 0.2) is 0 Å². The molecule has 2 atom stereocenters. The Morgan fingerprint density at radius 1 is 1.50 bits per heavy atom. The standard InChI is InChI=1S/C12H13FO5/c1-18-11(16)5-10(15)12(17)9-4-8(13)3-2-7(9)6-14/h2-4,6,10,12,15,17H,5H2,1H3. The van der Waals surface area contributed by atoms with Gasteiger partial charge >= 0.3 is 5.97 Å². The number of hydrogen-bond acceptors (Lipinski definition) is 5. The molecule has 0 bridgehead atoms. The molecule has 0 radical (unpaired) electrons. The van der Waals surface area contributed by atoms with Crippen LogP contribution in [0.1, 0.15) is 28.4 Å². The molecule has 2 unspecified atom stereocenters. The molecule has 0 heterocycles. The van der Waals surface area contributed by atoms with Crippen molar-refractivity contribution in [2.24, 2.45) is 0 Å². The molecule has 0 aliphatic rings. The van der Waals surface area contributed by atoms with E-state index < -0.39 is 30.4 Å². The molecule has 0 aromatic heterocycles. The summed E-state index contributed by atoms with van der Waals surface area (Å²) in [6.07, 6.45) is -3.03. The van der Waals surface area contributed by atoms with Gasteiger partial charge in [0.25, 0.3) is 0 Å². The van der Waals surface area contributed by atoms with E-state index in [0.717, 1.165) is 19.2 Å². The highest BCUT2D eigenvalue weighted by molar-refractivity contribution is 5.77. The number of aliphatic hydroxyl groups is 2. The Morgan fingerprint density at radius 2 is 2.17 bits per heavy atom. The van der Waals surface area contributed by atoms with Gasteiger partial charge in [-0.15, -0.1) is 0 Å². The van der Waals surface area contributed by atoms with E-state index in [9.17, 15) is 24.2 Å². The van der Waals surface area contributed by atoms with Gasteiger partial charge in [-0.3, -0.25) is 9.59 Å². The van der Waals surface area contributed by atoms with Crippen molar-refractivity contribution in [3.05, 3.63) is 35.1 Å². The summed E-state index contributed by atoms with van der Waals surface area (Å²) in [5.41, 5.74) is -0.0192. The number of esters is 1. The smallest absolute Gasteiger partial charge is 0.308 e. The summed E-state index contributed by atoms with van der Waals surface area (Å²) < 4.78 is 17.4. The van der Waals surface area contributed by atoms with E-state index in [2.05, 4.69) is 4.74 Å². The first-order valence-electron chi connectivity index (χ1n) is 5.17. The molecule has 1 aromatic rings. The quantitative estimate of drug-likeness (QED) is 0.595. The summed E-state index contributed by atoms with van der Waals surface area (Å²) >= 11 is 0. The lowest BCUT2D eigenvalue weighted by Gasteiger charge is -2.18. The van der Waals surface area contributed by atoms with Gasteiger partial charge in [0.1, 0.15) is 18.2 Å². The van der Waals surface area contributed by atoms with Crippen LogP contribution in [0.3, 0.4) is 0 Å². The van der Waals surface area contributed by atoms with Gasteiger partial charge in [0.2, 0.25) is 0 Å². The lowest BCUT2D eigenvalue weighted by atomic mass is 9.97. The first kappa shape index (κ1) is 14.3. The summed E-state index contributed by atoms with van der Waals surface area (Å²) in [5, 5.41) is 19.4. The van der Waals surface area contributed by atoms with Crippen molar-refractivity contribution in [1.82, 2.24) is 0 Å². The molecule has 1 aromatic carbocycles. The predicted molar refractivity (Wildman–Crippen MR) is 59.4 cm³/mol. The van der Waals surface area contributed by atoms with Crippen molar-refractivity contribution in [2.45, 2.75) is 18.6 Å². The molecule has 0 amide bonds. The Hall–Kier alpha value is -1.79. The van der Waals surface area contributed by atoms with Crippen molar-refractivity contribution < 1.29 is 28.9 Å². The SMILES string of the molecule is COC(=O)CC(O)C(O)c1cc(F)ccc1C=O. The molecule has 0 aliphatic carbocycles. The molecule has 0 saturated carbocycles. The molecule has 0 fully saturated rings. The average Bonchev–Trinajstić information content (AvgIpc) is 2.37. The Bertz CT molecular complexity index is 446. The third-order valence-corrected chi connectivity index (χ3v) is 2.46. The van der Waals surface area contributed by atoms with Gasteiger partial charge in [-0.05, 0) is 23.8 Å². The minimum absolute atomic E-state index is 0.0489. The average molecular weight is 256 g/mol. The number of carbonyl (C=O) groups is 2. The van der Waals surface area contributed by atoms with Crippen LogP contribution in [0.5, 0.6) is 0 Å². The van der Waals surface area contributed by atoms with E-state index in [0.29, 0.717) is 6.29 Å². The number of halogens is 1. The van der Waals surface area contributed by atoms with Gasteiger partial charge < -0.3 is 14.9 Å². The Morgan fingerprint density at radius 3 is 2.72 bits per heavy atom. The fourth-order valence-electron chi connectivity index (χ4n) is 1.48. The van der Waals surface area contributed by atoms with Gasteiger partial charge in [0, 0.05) is 5.56 Å². The summed E-state index contributed by atoms with van der Waals surface area (Å²) in [5.74, 6) is -1.37. The Balaban J connectivity index is 2.94. The number of ether oxygens (including phenoxy) is 1. The summed E-state index contributed by atoms with van der Waals surface area (Å²) in [4.78, 5) is 21.7. The van der Waals surface area contributed by atoms with E-state index in [4.69, 9.17) is 0 Å². The number of aldehydes is 1. The number of aliphatic hydroxyl groups excluding tert-OH is 2. The first-order chi connectivity index (χ1) is 8.49. The molecule has 0 saturated heterocycles. The van der Waals surface area contributed by atoms with Crippen LogP contribution >= 0.6 is 0 Å². The zero-order valence-corrected chi connectivity index (χ0v) is 9.67. The lowest BCUT2D eigenvalue weighted by molar-refractivity contribution is -0.144. The van der Waals surface area contributed by atoms with Crippen LogP contribution in [-0.2, 0) is 9.53 Å². The molecule has 0 spiro atoms. The van der Waals surface area contributed by atoms with Crippen LogP contribution in [0.2, 0.25) is 0 Å². The molecule has 5 nitrogen and oxygen atoms in total. The topological polar surface area (TPSA) is 83.8 Å². The van der Waals surface area contributed by atoms with Gasteiger partial charge in [-0.1, -0.05) is 0 Å². The number of rotatable bonds is 5. The number of methoxy groups -OCH3 is 1. The summed E-state index contributed by atoms with van der Waals surface area (Å²) in [6.45, 7) is 0. The number of hydrogen-bond donors (Lipinski definition) is 2. The maximum atomic E-state index is 13.0. The van der Waals surface area contributed by atoms with E-state index in [1.54, 1.807) is 0 Å². The maximum Gasteiger partial charge on any atom is 0.308 e. The van der Waals surface area contributed by atoms with Crippen molar-refractivity contribution in [3.63, 3.8) is 0 Å². The number of benzene rings is 1. The normalized spacial score (nSPS) is 13.8. The first-order valence-corrected chi connectivity index (χ1v) is 5.17. The number of carbonyl (C=O) groups excluding carboxylic acids is 2. The maximum absolute atomic E-state index is 13.0. The highest BCUT2D eigenvalue weighted by Gasteiger charge is 2.24. The molecular weight excluding hydrogens is 243 g/mol. The van der Waals surface area contributed by atoms with Crippen LogP contribution in [0.4, 0.5) is 4.39 Å². The third-order valence-electron chi connectivity index (χ3n) is 2.46. The van der Waals surface area contributed by atoms with Gasteiger partial charge in [-0.2, -0.15) is 0 Å². The van der Waals surface area contributed by atoms with Crippen molar-refractivity contribution in [3.8, 4) is 0 Å². The van der Waals surface area contributed by atoms with Crippen LogP contribution in [0.15, 0.2) is 18.2 Å². The van der Waals surface area contributed by atoms with Gasteiger partial charge in [0.05, 0.1) is 19.6 Å². The van der Waals surface area contributed by atoms with Crippen molar-refractivity contribution >= 4 is 12.3 Å². The second-order valence-electron chi connectivity index (χ2n) is 3.68. The molecular formula is C12H13FO5. The molecule has 98 valence electrons. The van der Waals surface area contributed by atoms with Crippen LogP contribution in [0.25, 0.3) is 0 Å². The molecule has 0 aliphatic heterocycles. The van der Waals surface area contributed by atoms with E-state index in [-0.39, 0.29) is 11.1 Å². The fraction of sp³-hybridized carbons (Fsp3) is 0.333. The molecule has 2 N–H and O–H groups in total.